The minimum Gasteiger partial charge on any atom is -0.383 e. The molecule has 0 atom stereocenters. The molecule has 4 nitrogen and oxygen atoms in total. The van der Waals surface area contributed by atoms with Crippen LogP contribution in [0.3, 0.4) is 0 Å². The first kappa shape index (κ1) is 10.7. The molecule has 0 aliphatic heterocycles. The zero-order chi connectivity index (χ0) is 11.7. The smallest absolute Gasteiger partial charge is 0.126 e. The minimum absolute atomic E-state index is 0.587. The first-order valence-electron chi connectivity index (χ1n) is 5.38. The molecule has 2 rings (SSSR count). The van der Waals surface area contributed by atoms with Crippen molar-refractivity contribution in [3.05, 3.63) is 29.7 Å². The first-order valence-corrected chi connectivity index (χ1v) is 5.38. The van der Waals surface area contributed by atoms with Gasteiger partial charge >= 0.3 is 0 Å². The average molecular weight is 216 g/mol. The third-order valence-corrected chi connectivity index (χ3v) is 2.70. The maximum atomic E-state index is 5.70. The van der Waals surface area contributed by atoms with Gasteiger partial charge in [-0.25, -0.2) is 4.98 Å². The number of hydrogen-bond donors (Lipinski definition) is 1. The van der Waals surface area contributed by atoms with Gasteiger partial charge in [-0.05, 0) is 32.4 Å². The lowest BCUT2D eigenvalue weighted by Gasteiger charge is -2.02. The van der Waals surface area contributed by atoms with Crippen LogP contribution in [0.4, 0.5) is 5.82 Å². The van der Waals surface area contributed by atoms with E-state index in [9.17, 15) is 0 Å². The van der Waals surface area contributed by atoms with E-state index >= 15 is 0 Å². The van der Waals surface area contributed by atoms with Crippen molar-refractivity contribution in [2.45, 2.75) is 27.3 Å². The van der Waals surface area contributed by atoms with E-state index in [0.29, 0.717) is 5.82 Å². The van der Waals surface area contributed by atoms with Crippen molar-refractivity contribution in [2.24, 2.45) is 0 Å². The fourth-order valence-corrected chi connectivity index (χ4v) is 1.70. The van der Waals surface area contributed by atoms with Crippen molar-refractivity contribution in [3.8, 4) is 11.1 Å². The van der Waals surface area contributed by atoms with E-state index in [-0.39, 0.29) is 0 Å². The molecule has 2 heterocycles. The van der Waals surface area contributed by atoms with Crippen LogP contribution in [-0.4, -0.2) is 14.8 Å². The summed E-state index contributed by atoms with van der Waals surface area (Å²) in [5, 5.41) is 4.42. The monoisotopic (exact) mass is 216 g/mol. The number of nitrogen functional groups attached to an aromatic ring is 1. The largest absolute Gasteiger partial charge is 0.383 e. The van der Waals surface area contributed by atoms with Gasteiger partial charge in [0, 0.05) is 30.1 Å². The van der Waals surface area contributed by atoms with E-state index in [1.807, 2.05) is 30.8 Å². The first-order chi connectivity index (χ1) is 7.61. The molecule has 2 aromatic heterocycles. The molecule has 2 aromatic rings. The van der Waals surface area contributed by atoms with Crippen LogP contribution in [0.1, 0.15) is 18.2 Å². The number of nitrogens with two attached hydrogens (primary N) is 1. The highest BCUT2D eigenvalue weighted by atomic mass is 15.3. The maximum Gasteiger partial charge on any atom is 0.126 e. The highest BCUT2D eigenvalue weighted by Gasteiger charge is 2.08. The van der Waals surface area contributed by atoms with Gasteiger partial charge in [0.05, 0.1) is 5.69 Å². The number of hydrogen-bond acceptors (Lipinski definition) is 3. The summed E-state index contributed by atoms with van der Waals surface area (Å²) < 4.78 is 1.93. The SMILES string of the molecule is CCn1cc(-c2cnc(N)c(C)c2)c(C)n1. The van der Waals surface area contributed by atoms with Crippen LogP contribution in [0.25, 0.3) is 11.1 Å². The molecule has 0 unspecified atom stereocenters. The normalized spacial score (nSPS) is 10.7. The molecule has 0 aromatic carbocycles. The summed E-state index contributed by atoms with van der Waals surface area (Å²) in [4.78, 5) is 4.17. The fourth-order valence-electron chi connectivity index (χ4n) is 1.70. The van der Waals surface area contributed by atoms with Crippen molar-refractivity contribution in [2.75, 3.05) is 5.73 Å². The molecule has 0 saturated carbocycles. The lowest BCUT2D eigenvalue weighted by atomic mass is 10.1. The van der Waals surface area contributed by atoms with Crippen molar-refractivity contribution in [1.82, 2.24) is 14.8 Å². The number of rotatable bonds is 2. The Morgan fingerprint density at radius 2 is 2.12 bits per heavy atom. The molecule has 0 amide bonds. The van der Waals surface area contributed by atoms with E-state index in [0.717, 1.165) is 28.9 Å². The van der Waals surface area contributed by atoms with Crippen LogP contribution in [0.5, 0.6) is 0 Å². The third kappa shape index (κ3) is 1.78. The lowest BCUT2D eigenvalue weighted by molar-refractivity contribution is 0.653. The van der Waals surface area contributed by atoms with E-state index in [1.165, 1.54) is 0 Å². The zero-order valence-corrected chi connectivity index (χ0v) is 9.86. The van der Waals surface area contributed by atoms with Gasteiger partial charge in [-0.3, -0.25) is 4.68 Å². The Hall–Kier alpha value is -1.84. The molecule has 2 N–H and O–H groups in total. The van der Waals surface area contributed by atoms with Crippen molar-refractivity contribution in [3.63, 3.8) is 0 Å². The number of nitrogens with zero attached hydrogens (tertiary/aromatic N) is 3. The van der Waals surface area contributed by atoms with Crippen LogP contribution < -0.4 is 5.73 Å². The third-order valence-electron chi connectivity index (χ3n) is 2.70. The topological polar surface area (TPSA) is 56.7 Å². The Morgan fingerprint density at radius 1 is 1.38 bits per heavy atom. The second kappa shape index (κ2) is 3.96. The zero-order valence-electron chi connectivity index (χ0n) is 9.86. The number of pyridine rings is 1. The minimum atomic E-state index is 0.587. The lowest BCUT2D eigenvalue weighted by Crippen LogP contribution is -1.94. The quantitative estimate of drug-likeness (QED) is 0.837. The van der Waals surface area contributed by atoms with Crippen LogP contribution in [-0.2, 0) is 6.54 Å². The van der Waals surface area contributed by atoms with E-state index in [4.69, 9.17) is 5.73 Å². The highest BCUT2D eigenvalue weighted by Crippen LogP contribution is 2.24. The summed E-state index contributed by atoms with van der Waals surface area (Å²) in [5.41, 5.74) is 9.92. The van der Waals surface area contributed by atoms with Crippen molar-refractivity contribution >= 4 is 5.82 Å². The Kier molecular flexibility index (Phi) is 2.64. The fraction of sp³-hybridized carbons (Fsp3) is 0.333. The number of aromatic nitrogens is 3. The molecular formula is C12H16N4. The molecule has 0 bridgehead atoms. The molecule has 0 saturated heterocycles. The Labute approximate surface area is 95.1 Å². The van der Waals surface area contributed by atoms with E-state index in [2.05, 4.69) is 17.0 Å². The predicted octanol–water partition coefficient (Wildman–Crippen LogP) is 2.16. The summed E-state index contributed by atoms with van der Waals surface area (Å²) in [6.45, 7) is 6.92. The summed E-state index contributed by atoms with van der Waals surface area (Å²) in [6, 6.07) is 2.05. The van der Waals surface area contributed by atoms with Gasteiger partial charge in [-0.2, -0.15) is 5.10 Å². The van der Waals surface area contributed by atoms with Crippen molar-refractivity contribution < 1.29 is 0 Å². The Bertz CT molecular complexity index is 514. The van der Waals surface area contributed by atoms with Crippen LogP contribution in [0.2, 0.25) is 0 Å². The molecule has 0 aliphatic rings. The molecular weight excluding hydrogens is 200 g/mol. The Balaban J connectivity index is 2.49. The highest BCUT2D eigenvalue weighted by molar-refractivity contribution is 5.66. The van der Waals surface area contributed by atoms with Crippen LogP contribution in [0, 0.1) is 13.8 Å². The molecule has 0 spiro atoms. The summed E-state index contributed by atoms with van der Waals surface area (Å²) in [6.07, 6.45) is 3.84. The van der Waals surface area contributed by atoms with Gasteiger partial charge in [0.2, 0.25) is 0 Å². The predicted molar refractivity (Wildman–Crippen MR) is 65.0 cm³/mol. The van der Waals surface area contributed by atoms with Crippen molar-refractivity contribution in [1.29, 1.82) is 0 Å². The Morgan fingerprint density at radius 3 is 2.69 bits per heavy atom. The van der Waals surface area contributed by atoms with Crippen LogP contribution >= 0.6 is 0 Å². The second-order valence-corrected chi connectivity index (χ2v) is 3.91. The van der Waals surface area contributed by atoms with Gasteiger partial charge in [0.15, 0.2) is 0 Å². The molecule has 16 heavy (non-hydrogen) atoms. The molecule has 0 radical (unpaired) electrons. The molecule has 0 aliphatic carbocycles. The second-order valence-electron chi connectivity index (χ2n) is 3.91. The average Bonchev–Trinajstić information content (AvgIpc) is 2.64. The number of aryl methyl sites for hydroxylation is 3. The standard InChI is InChI=1S/C12H16N4/c1-4-16-7-11(9(3)15-16)10-5-8(2)12(13)14-6-10/h5-7H,4H2,1-3H3,(H2,13,14). The maximum absolute atomic E-state index is 5.70. The molecule has 4 heteroatoms. The van der Waals surface area contributed by atoms with Gasteiger partial charge < -0.3 is 5.73 Å². The summed E-state index contributed by atoms with van der Waals surface area (Å²) in [7, 11) is 0. The van der Waals surface area contributed by atoms with E-state index < -0.39 is 0 Å². The van der Waals surface area contributed by atoms with Gasteiger partial charge in [0.1, 0.15) is 5.82 Å². The number of anilines is 1. The van der Waals surface area contributed by atoms with Gasteiger partial charge in [0.25, 0.3) is 0 Å². The summed E-state index contributed by atoms with van der Waals surface area (Å²) >= 11 is 0. The van der Waals surface area contributed by atoms with E-state index in [1.54, 1.807) is 6.20 Å². The molecule has 0 fully saturated rings. The molecule has 84 valence electrons. The van der Waals surface area contributed by atoms with Gasteiger partial charge in [-0.1, -0.05) is 0 Å². The summed E-state index contributed by atoms with van der Waals surface area (Å²) in [5.74, 6) is 0.587. The van der Waals surface area contributed by atoms with Crippen LogP contribution in [0.15, 0.2) is 18.5 Å². The van der Waals surface area contributed by atoms with Gasteiger partial charge in [-0.15, -0.1) is 0 Å².